The van der Waals surface area contributed by atoms with E-state index >= 15 is 0 Å². The molecule has 5 aliphatic rings. The van der Waals surface area contributed by atoms with Crippen LogP contribution in [0.2, 0.25) is 0 Å². The lowest BCUT2D eigenvalue weighted by Gasteiger charge is -2.61. The molecule has 288 valence electrons. The monoisotopic (exact) mass is 722 g/mol. The smallest absolute Gasteiger partial charge is 0.223 e. The SMILES string of the molecule is CC(C)CCC[C@@H](C)[C@H]1CC[C@H]2[C@@H]3CCC4C[C@@H](C(=O)NCCC(=O)NCCCS[C@H]5O[C@H](CO)[C@@H](O)[C@H](O)[C@@H]5O)CC[C@]4(C)[C@H]3CC[C@]12C. The number of fused-ring (bicyclic) bond motifs is 5. The molecule has 6 N–H and O–H groups in total. The lowest BCUT2D eigenvalue weighted by molar-refractivity contribution is -0.205. The summed E-state index contributed by atoms with van der Waals surface area (Å²) in [4.78, 5) is 25.7. The second kappa shape index (κ2) is 17.5. The van der Waals surface area contributed by atoms with Crippen LogP contribution in [0.4, 0.5) is 0 Å². The first-order valence-corrected chi connectivity index (χ1v) is 21.3. The third-order valence-electron chi connectivity index (χ3n) is 14.7. The number of carbonyl (C=O) groups is 2. The molecule has 1 heterocycles. The van der Waals surface area contributed by atoms with Gasteiger partial charge < -0.3 is 35.8 Å². The predicted octanol–water partition coefficient (Wildman–Crippen LogP) is 5.27. The summed E-state index contributed by atoms with van der Waals surface area (Å²) in [5.41, 5.74) is 0.0989. The van der Waals surface area contributed by atoms with E-state index in [-0.39, 0.29) is 24.2 Å². The summed E-state index contributed by atoms with van der Waals surface area (Å²) in [6.07, 6.45) is 11.4. The van der Waals surface area contributed by atoms with E-state index in [9.17, 15) is 30.0 Å². The molecule has 0 bridgehead atoms. The van der Waals surface area contributed by atoms with Crippen molar-refractivity contribution < 1.29 is 34.8 Å². The molecular formula is C40H70N2O7S. The minimum atomic E-state index is -1.38. The zero-order valence-corrected chi connectivity index (χ0v) is 32.5. The molecule has 0 spiro atoms. The van der Waals surface area contributed by atoms with Crippen LogP contribution in [0.5, 0.6) is 0 Å². The van der Waals surface area contributed by atoms with Gasteiger partial charge in [0.2, 0.25) is 11.8 Å². The second-order valence-electron chi connectivity index (χ2n) is 18.0. The lowest BCUT2D eigenvalue weighted by atomic mass is 9.44. The Morgan fingerprint density at radius 1 is 0.840 bits per heavy atom. The summed E-state index contributed by atoms with van der Waals surface area (Å²) >= 11 is 1.28. The molecule has 0 aromatic heterocycles. The number of aliphatic hydroxyl groups excluding tert-OH is 4. The number of hydrogen-bond donors (Lipinski definition) is 6. The van der Waals surface area contributed by atoms with E-state index in [2.05, 4.69) is 45.3 Å². The molecule has 50 heavy (non-hydrogen) atoms. The number of aliphatic hydroxyl groups is 4. The van der Waals surface area contributed by atoms with Crippen molar-refractivity contribution in [1.82, 2.24) is 10.6 Å². The Bertz CT molecular complexity index is 1130. The molecule has 10 heteroatoms. The normalized spacial score (nSPS) is 41.9. The Hall–Kier alpha value is -0.910. The second-order valence-corrected chi connectivity index (χ2v) is 19.2. The van der Waals surface area contributed by atoms with Crippen molar-refractivity contribution in [1.29, 1.82) is 0 Å². The molecule has 5 rings (SSSR count). The maximum atomic E-state index is 13.3. The molecule has 0 radical (unpaired) electrons. The van der Waals surface area contributed by atoms with Crippen molar-refractivity contribution in [2.45, 2.75) is 154 Å². The predicted molar refractivity (Wildman–Crippen MR) is 198 cm³/mol. The van der Waals surface area contributed by atoms with Gasteiger partial charge in [-0.1, -0.05) is 53.9 Å². The molecule has 0 aromatic rings. The highest BCUT2D eigenvalue weighted by molar-refractivity contribution is 7.99. The number of ether oxygens (including phenoxy) is 1. The molecule has 1 unspecified atom stereocenters. The van der Waals surface area contributed by atoms with Gasteiger partial charge in [-0.2, -0.15) is 0 Å². The fourth-order valence-corrected chi connectivity index (χ4v) is 12.9. The van der Waals surface area contributed by atoms with Crippen molar-refractivity contribution in [2.75, 3.05) is 25.4 Å². The average Bonchev–Trinajstić information content (AvgIpc) is 3.44. The van der Waals surface area contributed by atoms with Crippen LogP contribution in [0.15, 0.2) is 0 Å². The maximum absolute atomic E-state index is 13.3. The average molecular weight is 723 g/mol. The van der Waals surface area contributed by atoms with E-state index in [4.69, 9.17) is 4.74 Å². The fourth-order valence-electron chi connectivity index (χ4n) is 11.8. The van der Waals surface area contributed by atoms with Crippen LogP contribution in [0.1, 0.15) is 125 Å². The van der Waals surface area contributed by atoms with Crippen LogP contribution < -0.4 is 10.6 Å². The van der Waals surface area contributed by atoms with Gasteiger partial charge in [0.1, 0.15) is 29.9 Å². The first kappa shape index (κ1) is 40.3. The van der Waals surface area contributed by atoms with Crippen LogP contribution in [0.25, 0.3) is 0 Å². The van der Waals surface area contributed by atoms with Crippen molar-refractivity contribution >= 4 is 23.6 Å². The molecule has 4 saturated carbocycles. The van der Waals surface area contributed by atoms with E-state index in [1.807, 2.05) is 0 Å². The van der Waals surface area contributed by atoms with E-state index in [1.54, 1.807) is 0 Å². The summed E-state index contributed by atoms with van der Waals surface area (Å²) < 4.78 is 5.51. The molecule has 1 aliphatic heterocycles. The third-order valence-corrected chi connectivity index (χ3v) is 15.9. The van der Waals surface area contributed by atoms with E-state index < -0.39 is 36.5 Å². The van der Waals surface area contributed by atoms with Crippen LogP contribution in [0.3, 0.4) is 0 Å². The highest BCUT2D eigenvalue weighted by Gasteiger charge is 2.60. The number of hydrogen-bond acceptors (Lipinski definition) is 8. The Morgan fingerprint density at radius 3 is 2.32 bits per heavy atom. The Labute approximate surface area is 306 Å². The summed E-state index contributed by atoms with van der Waals surface area (Å²) in [7, 11) is 0. The lowest BCUT2D eigenvalue weighted by Crippen LogP contribution is -2.57. The topological polar surface area (TPSA) is 148 Å². The van der Waals surface area contributed by atoms with Crippen LogP contribution >= 0.6 is 11.8 Å². The summed E-state index contributed by atoms with van der Waals surface area (Å²) in [6, 6.07) is 0. The van der Waals surface area contributed by atoms with Crippen LogP contribution in [-0.2, 0) is 14.3 Å². The van der Waals surface area contributed by atoms with Crippen molar-refractivity contribution in [2.24, 2.45) is 58.2 Å². The van der Waals surface area contributed by atoms with Gasteiger partial charge in [0.05, 0.1) is 6.61 Å². The Kier molecular flexibility index (Phi) is 14.1. The number of rotatable bonds is 15. The Balaban J connectivity index is 1.00. The zero-order valence-electron chi connectivity index (χ0n) is 31.7. The molecule has 0 aromatic carbocycles. The van der Waals surface area contributed by atoms with E-state index in [0.717, 1.165) is 54.8 Å². The van der Waals surface area contributed by atoms with Crippen molar-refractivity contribution in [3.63, 3.8) is 0 Å². The maximum Gasteiger partial charge on any atom is 0.223 e. The molecule has 5 fully saturated rings. The van der Waals surface area contributed by atoms with E-state index in [1.165, 1.54) is 69.5 Å². The summed E-state index contributed by atoms with van der Waals surface area (Å²) in [5, 5.41) is 45.3. The third kappa shape index (κ3) is 8.72. The van der Waals surface area contributed by atoms with Gasteiger partial charge in [0.25, 0.3) is 0 Å². The first-order chi connectivity index (χ1) is 23.8. The minimum absolute atomic E-state index is 0.0449. The highest BCUT2D eigenvalue weighted by Crippen LogP contribution is 2.68. The Morgan fingerprint density at radius 2 is 1.58 bits per heavy atom. The van der Waals surface area contributed by atoms with Gasteiger partial charge in [-0.3, -0.25) is 9.59 Å². The van der Waals surface area contributed by atoms with Gasteiger partial charge in [-0.15, -0.1) is 11.8 Å². The van der Waals surface area contributed by atoms with Crippen LogP contribution in [-0.4, -0.2) is 87.5 Å². The molecule has 9 nitrogen and oxygen atoms in total. The first-order valence-electron chi connectivity index (χ1n) is 20.3. The van der Waals surface area contributed by atoms with Crippen molar-refractivity contribution in [3.8, 4) is 0 Å². The van der Waals surface area contributed by atoms with Gasteiger partial charge in [0, 0.05) is 25.4 Å². The highest BCUT2D eigenvalue weighted by atomic mass is 32.2. The molecule has 1 saturated heterocycles. The van der Waals surface area contributed by atoms with Gasteiger partial charge in [-0.05, 0) is 122 Å². The summed E-state index contributed by atoms with van der Waals surface area (Å²) in [6.45, 7) is 12.8. The number of thioether (sulfide) groups is 1. The number of carbonyl (C=O) groups excluding carboxylic acids is 2. The van der Waals surface area contributed by atoms with Gasteiger partial charge in [0.15, 0.2) is 0 Å². The van der Waals surface area contributed by atoms with Gasteiger partial charge in [-0.25, -0.2) is 0 Å². The van der Waals surface area contributed by atoms with E-state index in [0.29, 0.717) is 42.0 Å². The van der Waals surface area contributed by atoms with Gasteiger partial charge >= 0.3 is 0 Å². The zero-order chi connectivity index (χ0) is 36.2. The standard InChI is InChI=1S/C40H70N2O7S/c1-24(2)8-6-9-25(3)29-12-13-30-28-11-10-27-22-26(14-17-39(27,4)31(28)15-18-40(29,30)5)37(48)42-20-16-33(44)41-19-7-21-50-38-36(47)35(46)34(45)32(23-43)49-38/h24-32,34-36,38,43,45-47H,6-23H2,1-5H3,(H,41,44)(H,42,48)/t25-,26+,27?,28+,29-,30+,31+,32-,34-,35+,36+,38-,39+,40-/m1/s1. The molecule has 14 atom stereocenters. The molecule has 4 aliphatic carbocycles. The molecule has 2 amide bonds. The number of nitrogens with one attached hydrogen (secondary N) is 2. The number of amides is 2. The minimum Gasteiger partial charge on any atom is -0.394 e. The molecular weight excluding hydrogens is 653 g/mol. The fraction of sp³-hybridized carbons (Fsp3) is 0.950. The largest absolute Gasteiger partial charge is 0.394 e. The quantitative estimate of drug-likeness (QED) is 0.125. The van der Waals surface area contributed by atoms with Crippen molar-refractivity contribution in [3.05, 3.63) is 0 Å². The van der Waals surface area contributed by atoms with Crippen LogP contribution in [0, 0.1) is 58.2 Å². The summed E-state index contributed by atoms with van der Waals surface area (Å²) in [5.74, 6) is 6.29.